The molecule has 6 fully saturated rings. The number of hydrogen-bond donors (Lipinski definition) is 2. The molecule has 6 heteroatoms. The number of nitrogens with zero attached hydrogens (tertiary/aromatic N) is 2. The Hall–Kier alpha value is -1.66. The predicted molar refractivity (Wildman–Crippen MR) is 109 cm³/mol. The zero-order chi connectivity index (χ0) is 19.6. The normalized spacial score (nSPS) is 38.3. The molecule has 1 aliphatic heterocycles. The quantitative estimate of drug-likeness (QED) is 0.816. The maximum atomic E-state index is 13.3. The number of amides is 1. The first-order chi connectivity index (χ1) is 14.1. The van der Waals surface area contributed by atoms with Gasteiger partial charge in [0, 0.05) is 25.0 Å². The van der Waals surface area contributed by atoms with Gasteiger partial charge in [0.2, 0.25) is 0 Å². The van der Waals surface area contributed by atoms with Gasteiger partial charge in [0.1, 0.15) is 5.82 Å². The number of nitrogens with one attached hydrogen (secondary N) is 1. The van der Waals surface area contributed by atoms with Crippen molar-refractivity contribution >= 4 is 11.7 Å². The molecule has 0 aromatic carbocycles. The lowest BCUT2D eigenvalue weighted by Gasteiger charge is -2.58. The van der Waals surface area contributed by atoms with E-state index < -0.39 is 5.60 Å². The topological polar surface area (TPSA) is 74.7 Å². The fourth-order valence-corrected chi connectivity index (χ4v) is 6.74. The molecule has 2 atom stereocenters. The Morgan fingerprint density at radius 2 is 1.86 bits per heavy atom. The lowest BCUT2D eigenvalue weighted by atomic mass is 9.52. The van der Waals surface area contributed by atoms with E-state index in [1.54, 1.807) is 0 Å². The highest BCUT2D eigenvalue weighted by atomic mass is 16.5. The number of aromatic nitrogens is 1. The first-order valence-electron chi connectivity index (χ1n) is 11.4. The van der Waals surface area contributed by atoms with Gasteiger partial charge < -0.3 is 20.1 Å². The van der Waals surface area contributed by atoms with Crippen LogP contribution in [0.25, 0.3) is 0 Å². The van der Waals surface area contributed by atoms with Gasteiger partial charge in [0.25, 0.3) is 5.91 Å². The number of carbonyl (C=O) groups excluding carboxylic acids is 1. The number of ether oxygens (including phenoxy) is 1. The molecule has 2 unspecified atom stereocenters. The highest BCUT2D eigenvalue weighted by molar-refractivity contribution is 5.96. The zero-order valence-corrected chi connectivity index (χ0v) is 17.0. The molecule has 2 N–H and O–H groups in total. The maximum absolute atomic E-state index is 13.3. The van der Waals surface area contributed by atoms with Crippen molar-refractivity contribution in [3.8, 4) is 0 Å². The molecule has 0 spiro atoms. The van der Waals surface area contributed by atoms with Gasteiger partial charge in [0.15, 0.2) is 0 Å². The van der Waals surface area contributed by atoms with E-state index in [1.807, 2.05) is 12.1 Å². The Balaban J connectivity index is 1.23. The number of morpholine rings is 1. The molecule has 29 heavy (non-hydrogen) atoms. The summed E-state index contributed by atoms with van der Waals surface area (Å²) in [7, 11) is 0. The van der Waals surface area contributed by atoms with Crippen molar-refractivity contribution in [3.05, 3.63) is 23.4 Å². The molecule has 4 bridgehead atoms. The van der Waals surface area contributed by atoms with E-state index in [0.717, 1.165) is 88.3 Å². The van der Waals surface area contributed by atoms with E-state index in [-0.39, 0.29) is 11.9 Å². The van der Waals surface area contributed by atoms with E-state index in [2.05, 4.69) is 10.2 Å². The Morgan fingerprint density at radius 3 is 2.52 bits per heavy atom. The van der Waals surface area contributed by atoms with Gasteiger partial charge in [-0.05, 0) is 74.8 Å². The average molecular weight is 398 g/mol. The number of hydrogen-bond acceptors (Lipinski definition) is 5. The lowest BCUT2D eigenvalue weighted by molar-refractivity contribution is -0.136. The highest BCUT2D eigenvalue weighted by Crippen LogP contribution is 2.55. The van der Waals surface area contributed by atoms with Crippen LogP contribution >= 0.6 is 0 Å². The molecule has 0 radical (unpaired) electrons. The minimum Gasteiger partial charge on any atom is -0.390 e. The molecule has 6 aliphatic rings. The van der Waals surface area contributed by atoms with Crippen molar-refractivity contribution < 1.29 is 14.6 Å². The van der Waals surface area contributed by atoms with Gasteiger partial charge in [-0.25, -0.2) is 4.98 Å². The van der Waals surface area contributed by atoms with Crippen LogP contribution in [0.4, 0.5) is 5.82 Å². The lowest BCUT2D eigenvalue weighted by Crippen LogP contribution is -2.61. The third-order valence-corrected chi connectivity index (χ3v) is 7.99. The smallest absolute Gasteiger partial charge is 0.253 e. The van der Waals surface area contributed by atoms with E-state index in [9.17, 15) is 9.90 Å². The standard InChI is InChI=1S/C23H31N3O3/c27-22(25-20-16-9-14-10-17(20)13-23(28,11-14)12-16)18-3-4-19(24-21(18)15-1-2-15)26-5-7-29-8-6-26/h3-4,14-17,20,28H,1-2,5-13H2,(H,25,27). The Kier molecular flexibility index (Phi) is 4.17. The molecule has 5 saturated carbocycles. The van der Waals surface area contributed by atoms with Crippen molar-refractivity contribution in [2.75, 3.05) is 31.2 Å². The molecule has 6 nitrogen and oxygen atoms in total. The molecule has 5 aliphatic carbocycles. The zero-order valence-electron chi connectivity index (χ0n) is 17.0. The van der Waals surface area contributed by atoms with Gasteiger partial charge in [-0.1, -0.05) is 0 Å². The third kappa shape index (κ3) is 3.25. The van der Waals surface area contributed by atoms with E-state index in [4.69, 9.17) is 9.72 Å². The van der Waals surface area contributed by atoms with E-state index in [1.165, 1.54) is 0 Å². The Morgan fingerprint density at radius 1 is 1.14 bits per heavy atom. The van der Waals surface area contributed by atoms with Gasteiger partial charge >= 0.3 is 0 Å². The fourth-order valence-electron chi connectivity index (χ4n) is 6.74. The number of pyridine rings is 1. The summed E-state index contributed by atoms with van der Waals surface area (Å²) in [4.78, 5) is 20.5. The Bertz CT molecular complexity index is 802. The van der Waals surface area contributed by atoms with Crippen molar-refractivity contribution in [2.24, 2.45) is 17.8 Å². The summed E-state index contributed by atoms with van der Waals surface area (Å²) in [6, 6.07) is 4.21. The molecule has 1 aromatic heterocycles. The van der Waals surface area contributed by atoms with E-state index in [0.29, 0.717) is 23.7 Å². The molecule has 156 valence electrons. The second-order valence-electron chi connectivity index (χ2n) is 10.2. The molecule has 7 rings (SSSR count). The van der Waals surface area contributed by atoms with Gasteiger partial charge in [-0.3, -0.25) is 4.79 Å². The van der Waals surface area contributed by atoms with Crippen LogP contribution in [0, 0.1) is 17.8 Å². The van der Waals surface area contributed by atoms with Crippen molar-refractivity contribution in [3.63, 3.8) is 0 Å². The third-order valence-electron chi connectivity index (χ3n) is 7.99. The highest BCUT2D eigenvalue weighted by Gasteiger charge is 2.55. The van der Waals surface area contributed by atoms with E-state index >= 15 is 0 Å². The first-order valence-corrected chi connectivity index (χ1v) is 11.4. The largest absolute Gasteiger partial charge is 0.390 e. The molecular formula is C23H31N3O3. The van der Waals surface area contributed by atoms with Crippen LogP contribution in [0.1, 0.15) is 66.9 Å². The summed E-state index contributed by atoms with van der Waals surface area (Å²) in [6.45, 7) is 3.19. The molecule has 1 aromatic rings. The summed E-state index contributed by atoms with van der Waals surface area (Å²) in [5.41, 5.74) is 1.28. The van der Waals surface area contributed by atoms with Crippen molar-refractivity contribution in [2.45, 2.75) is 62.5 Å². The Labute approximate surface area is 172 Å². The summed E-state index contributed by atoms with van der Waals surface area (Å²) in [6.07, 6.45) is 7.26. The molecular weight excluding hydrogens is 366 g/mol. The summed E-state index contributed by atoms with van der Waals surface area (Å²) in [5, 5.41) is 14.2. The molecule has 2 heterocycles. The van der Waals surface area contributed by atoms with Crippen LogP contribution in [0.3, 0.4) is 0 Å². The van der Waals surface area contributed by atoms with Crippen LogP contribution in [0.2, 0.25) is 0 Å². The number of anilines is 1. The van der Waals surface area contributed by atoms with Crippen LogP contribution in [0.5, 0.6) is 0 Å². The first kappa shape index (κ1) is 18.1. The molecule has 1 amide bonds. The van der Waals surface area contributed by atoms with Crippen molar-refractivity contribution in [1.82, 2.24) is 10.3 Å². The van der Waals surface area contributed by atoms with Crippen LogP contribution in [-0.4, -0.2) is 53.9 Å². The predicted octanol–water partition coefficient (Wildman–Crippen LogP) is 2.46. The molecule has 1 saturated heterocycles. The van der Waals surface area contributed by atoms with Crippen LogP contribution in [-0.2, 0) is 4.74 Å². The summed E-state index contributed by atoms with van der Waals surface area (Å²) < 4.78 is 5.46. The van der Waals surface area contributed by atoms with Crippen LogP contribution < -0.4 is 10.2 Å². The monoisotopic (exact) mass is 397 g/mol. The van der Waals surface area contributed by atoms with Gasteiger partial charge in [-0.2, -0.15) is 0 Å². The second-order valence-corrected chi connectivity index (χ2v) is 10.2. The summed E-state index contributed by atoms with van der Waals surface area (Å²) in [5.74, 6) is 2.96. The van der Waals surface area contributed by atoms with Crippen LogP contribution in [0.15, 0.2) is 12.1 Å². The number of aliphatic hydroxyl groups is 1. The fraction of sp³-hybridized carbons (Fsp3) is 0.739. The van der Waals surface area contributed by atoms with Gasteiger partial charge in [-0.15, -0.1) is 0 Å². The van der Waals surface area contributed by atoms with Crippen molar-refractivity contribution in [1.29, 1.82) is 0 Å². The SMILES string of the molecule is O=C(NC1C2CC3CC1CC(O)(C3)C2)c1ccc(N2CCOCC2)nc1C1CC1. The second kappa shape index (κ2) is 6.67. The minimum atomic E-state index is -0.460. The average Bonchev–Trinajstić information content (AvgIpc) is 3.55. The van der Waals surface area contributed by atoms with Gasteiger partial charge in [0.05, 0.1) is 30.1 Å². The maximum Gasteiger partial charge on any atom is 0.253 e. The minimum absolute atomic E-state index is 0.0393. The number of carbonyl (C=O) groups is 1. The number of rotatable bonds is 4. The summed E-state index contributed by atoms with van der Waals surface area (Å²) >= 11 is 0.